The molecule has 4 N–H and O–H groups in total. The summed E-state index contributed by atoms with van der Waals surface area (Å²) in [5, 5.41) is 7.05. The molecule has 0 saturated heterocycles. The molecule has 0 aliphatic heterocycles. The summed E-state index contributed by atoms with van der Waals surface area (Å²) in [7, 11) is 0. The Morgan fingerprint density at radius 2 is 1.89 bits per heavy atom. The van der Waals surface area contributed by atoms with Gasteiger partial charge in [0.15, 0.2) is 5.76 Å². The van der Waals surface area contributed by atoms with Crippen LogP contribution in [-0.2, 0) is 6.42 Å². The number of nitrogens with two attached hydrogens (primary N) is 1. The number of nitrogens with zero attached hydrogens (tertiary/aromatic N) is 1. The zero-order chi connectivity index (χ0) is 19.8. The van der Waals surface area contributed by atoms with Crippen LogP contribution in [0.25, 0.3) is 0 Å². The van der Waals surface area contributed by atoms with Crippen molar-refractivity contribution < 1.29 is 14.0 Å². The van der Waals surface area contributed by atoms with Crippen molar-refractivity contribution in [1.82, 2.24) is 5.43 Å². The minimum Gasteiger partial charge on any atom is -0.455 e. The highest BCUT2D eigenvalue weighted by Crippen LogP contribution is 2.39. The number of anilines is 1. The number of benzene rings is 1. The molecule has 7 nitrogen and oxygen atoms in total. The van der Waals surface area contributed by atoms with E-state index in [-0.39, 0.29) is 17.1 Å². The lowest BCUT2D eigenvalue weighted by atomic mass is 9.75. The number of aryl methyl sites for hydroxylation is 1. The number of furan rings is 1. The first-order chi connectivity index (χ1) is 12.7. The molecule has 1 aromatic heterocycles. The molecule has 1 aliphatic carbocycles. The van der Waals surface area contributed by atoms with E-state index in [4.69, 9.17) is 10.2 Å². The number of hydrazone groups is 1. The van der Waals surface area contributed by atoms with Crippen LogP contribution in [0.2, 0.25) is 0 Å². The smallest absolute Gasteiger partial charge is 0.332 e. The lowest BCUT2D eigenvalue weighted by Crippen LogP contribution is -2.31. The third kappa shape index (κ3) is 3.86. The molecular weight excluding hydrogens is 344 g/mol. The van der Waals surface area contributed by atoms with E-state index in [2.05, 4.69) is 29.7 Å². The van der Waals surface area contributed by atoms with Crippen LogP contribution in [0.1, 0.15) is 53.3 Å². The summed E-state index contributed by atoms with van der Waals surface area (Å²) in [6, 6.07) is 6.83. The van der Waals surface area contributed by atoms with Crippen molar-refractivity contribution in [2.45, 2.75) is 40.5 Å². The van der Waals surface area contributed by atoms with Gasteiger partial charge in [0, 0.05) is 23.2 Å². The van der Waals surface area contributed by atoms with E-state index >= 15 is 0 Å². The topological polar surface area (TPSA) is 110 Å². The Morgan fingerprint density at radius 1 is 1.19 bits per heavy atom. The number of carbonyl (C=O) groups is 2. The number of urea groups is 1. The Hall–Kier alpha value is -3.09. The van der Waals surface area contributed by atoms with Gasteiger partial charge in [-0.15, -0.1) is 0 Å². The molecule has 1 aliphatic rings. The van der Waals surface area contributed by atoms with Crippen molar-refractivity contribution in [3.05, 3.63) is 52.5 Å². The minimum atomic E-state index is -0.730. The van der Waals surface area contributed by atoms with Gasteiger partial charge in [-0.05, 0) is 37.3 Å². The number of carbonyl (C=O) groups excluding carboxylic acids is 2. The second kappa shape index (κ2) is 6.90. The first-order valence-corrected chi connectivity index (χ1v) is 8.79. The van der Waals surface area contributed by atoms with Gasteiger partial charge < -0.3 is 15.5 Å². The van der Waals surface area contributed by atoms with Crippen LogP contribution in [0.3, 0.4) is 0 Å². The Labute approximate surface area is 158 Å². The van der Waals surface area contributed by atoms with Gasteiger partial charge in [-0.3, -0.25) is 4.79 Å². The zero-order valence-corrected chi connectivity index (χ0v) is 16.0. The normalized spacial score (nSPS) is 16.7. The van der Waals surface area contributed by atoms with Crippen molar-refractivity contribution in [3.63, 3.8) is 0 Å². The van der Waals surface area contributed by atoms with Gasteiger partial charge in [-0.1, -0.05) is 32.0 Å². The molecule has 0 fully saturated rings. The summed E-state index contributed by atoms with van der Waals surface area (Å²) in [6.07, 6.45) is 1.32. The third-order valence-corrected chi connectivity index (χ3v) is 4.69. The van der Waals surface area contributed by atoms with E-state index in [9.17, 15) is 9.59 Å². The summed E-state index contributed by atoms with van der Waals surface area (Å²) < 4.78 is 5.95. The molecule has 27 heavy (non-hydrogen) atoms. The number of hydrogen-bond acceptors (Lipinski definition) is 4. The second-order valence-electron chi connectivity index (χ2n) is 7.68. The maximum atomic E-state index is 12.8. The molecule has 0 atom stereocenters. The van der Waals surface area contributed by atoms with Gasteiger partial charge in [-0.25, -0.2) is 10.2 Å². The van der Waals surface area contributed by atoms with Crippen molar-refractivity contribution >= 4 is 23.3 Å². The highest BCUT2D eigenvalue weighted by molar-refractivity contribution is 6.09. The lowest BCUT2D eigenvalue weighted by molar-refractivity contribution is 0.0992. The minimum absolute atomic E-state index is 0.112. The molecule has 142 valence electrons. The molecule has 0 saturated carbocycles. The monoisotopic (exact) mass is 368 g/mol. The zero-order valence-electron chi connectivity index (χ0n) is 16.0. The molecule has 7 heteroatoms. The van der Waals surface area contributed by atoms with Crippen molar-refractivity contribution in [1.29, 1.82) is 0 Å². The lowest BCUT2D eigenvalue weighted by Gasteiger charge is -2.29. The van der Waals surface area contributed by atoms with E-state index < -0.39 is 6.03 Å². The Kier molecular flexibility index (Phi) is 4.78. The number of fused-ring (bicyclic) bond motifs is 1. The van der Waals surface area contributed by atoms with Crippen LogP contribution in [0, 0.1) is 19.3 Å². The van der Waals surface area contributed by atoms with Crippen LogP contribution in [0.4, 0.5) is 10.5 Å². The third-order valence-electron chi connectivity index (χ3n) is 4.69. The standard InChI is InChI=1S/C20H24N4O3/c1-11-7-5-6-8-13(11)22-18(25)17-12(2)16-14(23-24-19(21)26)9-20(3,4)10-15(16)27-17/h5-8H,9-10H2,1-4H3,(H,22,25)(H3,21,24,26)/b23-14-. The first-order valence-electron chi connectivity index (χ1n) is 8.79. The van der Waals surface area contributed by atoms with Crippen LogP contribution < -0.4 is 16.5 Å². The van der Waals surface area contributed by atoms with E-state index in [0.717, 1.165) is 16.8 Å². The molecule has 3 amide bonds. The van der Waals surface area contributed by atoms with Crippen LogP contribution in [-0.4, -0.2) is 17.6 Å². The fourth-order valence-electron chi connectivity index (χ4n) is 3.44. The Bertz CT molecular complexity index is 941. The predicted molar refractivity (Wildman–Crippen MR) is 104 cm³/mol. The highest BCUT2D eigenvalue weighted by Gasteiger charge is 2.36. The van der Waals surface area contributed by atoms with Gasteiger partial charge >= 0.3 is 6.03 Å². The molecule has 1 aromatic carbocycles. The number of rotatable bonds is 3. The van der Waals surface area contributed by atoms with Crippen molar-refractivity contribution in [2.75, 3.05) is 5.32 Å². The van der Waals surface area contributed by atoms with Gasteiger partial charge in [0.05, 0.1) is 5.71 Å². The molecular formula is C20H24N4O3. The van der Waals surface area contributed by atoms with Crippen LogP contribution >= 0.6 is 0 Å². The maximum Gasteiger partial charge on any atom is 0.332 e. The fourth-order valence-corrected chi connectivity index (χ4v) is 3.44. The summed E-state index contributed by atoms with van der Waals surface area (Å²) in [5.74, 6) is 0.646. The molecule has 0 unspecified atom stereocenters. The fraction of sp³-hybridized carbons (Fsp3) is 0.350. The average Bonchev–Trinajstić information content (AvgIpc) is 2.90. The van der Waals surface area contributed by atoms with Crippen LogP contribution in [0.15, 0.2) is 33.8 Å². The maximum absolute atomic E-state index is 12.8. The van der Waals surface area contributed by atoms with E-state index in [1.807, 2.05) is 38.1 Å². The average molecular weight is 368 g/mol. The Balaban J connectivity index is 1.98. The number of nitrogens with one attached hydrogen (secondary N) is 2. The van der Waals surface area contributed by atoms with Gasteiger partial charge in [-0.2, -0.15) is 5.10 Å². The number of hydrogen-bond donors (Lipinski definition) is 3. The van der Waals surface area contributed by atoms with Gasteiger partial charge in [0.25, 0.3) is 5.91 Å². The molecule has 1 heterocycles. The second-order valence-corrected chi connectivity index (χ2v) is 7.68. The summed E-state index contributed by atoms with van der Waals surface area (Å²) >= 11 is 0. The number of amides is 3. The van der Waals surface area contributed by atoms with Gasteiger partial charge in [0.1, 0.15) is 5.76 Å². The van der Waals surface area contributed by atoms with Crippen molar-refractivity contribution in [3.8, 4) is 0 Å². The molecule has 0 bridgehead atoms. The Morgan fingerprint density at radius 3 is 2.56 bits per heavy atom. The molecule has 0 radical (unpaired) electrons. The van der Waals surface area contributed by atoms with E-state index in [1.165, 1.54) is 0 Å². The molecule has 3 rings (SSSR count). The SMILES string of the molecule is Cc1ccccc1NC(=O)c1oc2c(c1C)/C(=N\NC(N)=O)CC(C)(C)C2. The molecule has 2 aromatic rings. The predicted octanol–water partition coefficient (Wildman–Crippen LogP) is 3.49. The summed E-state index contributed by atoms with van der Waals surface area (Å²) in [4.78, 5) is 23.9. The highest BCUT2D eigenvalue weighted by atomic mass is 16.4. The van der Waals surface area contributed by atoms with Crippen LogP contribution in [0.5, 0.6) is 0 Å². The number of para-hydroxylation sites is 1. The largest absolute Gasteiger partial charge is 0.455 e. The summed E-state index contributed by atoms with van der Waals surface area (Å²) in [6.45, 7) is 7.92. The van der Waals surface area contributed by atoms with E-state index in [0.29, 0.717) is 29.9 Å². The first kappa shape index (κ1) is 18.7. The quantitative estimate of drug-likeness (QED) is 0.721. The van der Waals surface area contributed by atoms with Crippen molar-refractivity contribution in [2.24, 2.45) is 16.3 Å². The summed E-state index contributed by atoms with van der Waals surface area (Å²) in [5.41, 5.74) is 11.2. The number of primary amides is 1. The van der Waals surface area contributed by atoms with E-state index in [1.54, 1.807) is 0 Å². The molecule has 0 spiro atoms. The van der Waals surface area contributed by atoms with Gasteiger partial charge in [0.2, 0.25) is 0 Å².